The molecule has 0 radical (unpaired) electrons. The van der Waals surface area contributed by atoms with Crippen molar-refractivity contribution in [1.82, 2.24) is 0 Å². The molecule has 1 atom stereocenters. The largest absolute Gasteiger partial charge is 0.516 e. The molecular weight excluding hydrogens is 136 g/mol. The van der Waals surface area contributed by atoms with Crippen LogP contribution in [0.1, 0.15) is 12.8 Å². The van der Waals surface area contributed by atoms with Crippen LogP contribution in [0.4, 0.5) is 0 Å². The molecule has 0 aliphatic rings. The lowest BCUT2D eigenvalue weighted by atomic mass is 10.2. The van der Waals surface area contributed by atoms with Crippen molar-refractivity contribution in [2.24, 2.45) is 0 Å². The first-order valence-electron chi connectivity index (χ1n) is 2.87. The molecule has 0 saturated heterocycles. The van der Waals surface area contributed by atoms with Gasteiger partial charge in [0.05, 0.1) is 12.4 Å². The first kappa shape index (κ1) is 8.97. The minimum absolute atomic E-state index is 0.0918. The van der Waals surface area contributed by atoms with Gasteiger partial charge in [0.25, 0.3) is 0 Å². The molecule has 0 aliphatic carbocycles. The Morgan fingerprint density at radius 1 is 1.60 bits per heavy atom. The summed E-state index contributed by atoms with van der Waals surface area (Å²) in [6.07, 6.45) is 1.01. The van der Waals surface area contributed by atoms with Crippen LogP contribution in [0, 0.1) is 0 Å². The van der Waals surface area contributed by atoms with Crippen LogP contribution in [0.5, 0.6) is 0 Å². The number of aliphatic hydroxyl groups is 2. The number of hydrogen-bond acceptors (Lipinski definition) is 3. The number of carbonyl (C=O) groups is 1. The summed E-state index contributed by atoms with van der Waals surface area (Å²) >= 11 is 0. The van der Waals surface area contributed by atoms with E-state index in [0.717, 1.165) is 6.08 Å². The maximum atomic E-state index is 9.91. The molecule has 58 valence electrons. The molecule has 0 saturated carbocycles. The normalized spacial score (nSPS) is 13.7. The molecule has 0 aliphatic heterocycles. The molecule has 0 aromatic heterocycles. The van der Waals surface area contributed by atoms with Crippen LogP contribution < -0.4 is 0 Å². The summed E-state index contributed by atoms with van der Waals surface area (Å²) in [6, 6.07) is 0. The van der Waals surface area contributed by atoms with Crippen LogP contribution >= 0.6 is 0 Å². The number of aliphatic hydroxyl groups excluding tert-OH is 2. The molecule has 10 heavy (non-hydrogen) atoms. The molecular formula is C6H10O4. The zero-order chi connectivity index (χ0) is 7.98. The predicted molar refractivity (Wildman–Crippen MR) is 34.6 cm³/mol. The van der Waals surface area contributed by atoms with Crippen molar-refractivity contribution < 1.29 is 20.1 Å². The molecule has 0 bridgehead atoms. The van der Waals surface area contributed by atoms with Gasteiger partial charge in [0.1, 0.15) is 0 Å². The van der Waals surface area contributed by atoms with E-state index in [1.165, 1.54) is 0 Å². The number of carboxylic acids is 1. The van der Waals surface area contributed by atoms with Crippen molar-refractivity contribution in [3.63, 3.8) is 0 Å². The summed E-state index contributed by atoms with van der Waals surface area (Å²) in [4.78, 5) is 9.91. The Balaban J connectivity index is 3.39. The Kier molecular flexibility index (Phi) is 4.32. The molecule has 0 rings (SSSR count). The van der Waals surface area contributed by atoms with E-state index in [1.807, 2.05) is 0 Å². The van der Waals surface area contributed by atoms with Crippen molar-refractivity contribution in [1.29, 1.82) is 0 Å². The van der Waals surface area contributed by atoms with Crippen LogP contribution in [0.2, 0.25) is 0 Å². The molecule has 1 unspecified atom stereocenters. The third-order valence-corrected chi connectivity index (χ3v) is 0.962. The molecule has 0 fully saturated rings. The van der Waals surface area contributed by atoms with E-state index in [2.05, 4.69) is 0 Å². The maximum Gasteiger partial charge on any atom is 0.303 e. The molecule has 0 spiro atoms. The number of carboxylic acid groups (broad SMARTS) is 1. The Labute approximate surface area is 58.4 Å². The minimum Gasteiger partial charge on any atom is -0.516 e. The van der Waals surface area contributed by atoms with Crippen LogP contribution in [-0.2, 0) is 4.79 Å². The van der Waals surface area contributed by atoms with Gasteiger partial charge in [-0.2, -0.15) is 0 Å². The second-order valence-corrected chi connectivity index (χ2v) is 1.84. The third kappa shape index (κ3) is 5.11. The topological polar surface area (TPSA) is 77.8 Å². The van der Waals surface area contributed by atoms with E-state index in [4.69, 9.17) is 15.3 Å². The standard InChI is InChI=1S/C6H10O4/c7-4-3-5(8)1-2-6(9)10/h3-5,7-8H,1-2H2,(H,9,10)/b4-3+. The van der Waals surface area contributed by atoms with E-state index >= 15 is 0 Å². The van der Waals surface area contributed by atoms with Crippen LogP contribution in [0.25, 0.3) is 0 Å². The lowest BCUT2D eigenvalue weighted by Gasteiger charge is -1.99. The number of aliphatic carboxylic acids is 1. The summed E-state index contributed by atoms with van der Waals surface area (Å²) in [5.74, 6) is -0.953. The monoisotopic (exact) mass is 146 g/mol. The molecule has 4 heteroatoms. The highest BCUT2D eigenvalue weighted by molar-refractivity contribution is 5.66. The first-order valence-corrected chi connectivity index (χ1v) is 2.87. The summed E-state index contributed by atoms with van der Waals surface area (Å²) in [7, 11) is 0. The van der Waals surface area contributed by atoms with Crippen molar-refractivity contribution >= 4 is 5.97 Å². The Morgan fingerprint density at radius 2 is 2.20 bits per heavy atom. The molecule has 0 aromatic rings. The van der Waals surface area contributed by atoms with Crippen LogP contribution in [0.3, 0.4) is 0 Å². The SMILES string of the molecule is O=C(O)CCC(O)/C=C/O. The molecule has 3 N–H and O–H groups in total. The Bertz CT molecular complexity index is 130. The van der Waals surface area contributed by atoms with Crippen LogP contribution in [-0.4, -0.2) is 27.4 Å². The quantitative estimate of drug-likeness (QED) is 0.498. The Hall–Kier alpha value is -1.03. The lowest BCUT2D eigenvalue weighted by molar-refractivity contribution is -0.137. The van der Waals surface area contributed by atoms with Crippen molar-refractivity contribution in [3.05, 3.63) is 12.3 Å². The van der Waals surface area contributed by atoms with E-state index in [1.54, 1.807) is 0 Å². The van der Waals surface area contributed by atoms with E-state index < -0.39 is 12.1 Å². The van der Waals surface area contributed by atoms with Crippen molar-refractivity contribution in [3.8, 4) is 0 Å². The highest BCUT2D eigenvalue weighted by Gasteiger charge is 2.02. The van der Waals surface area contributed by atoms with Crippen molar-refractivity contribution in [2.75, 3.05) is 0 Å². The van der Waals surface area contributed by atoms with Gasteiger partial charge in [0.15, 0.2) is 0 Å². The fraction of sp³-hybridized carbons (Fsp3) is 0.500. The van der Waals surface area contributed by atoms with Gasteiger partial charge in [0.2, 0.25) is 0 Å². The van der Waals surface area contributed by atoms with E-state index in [-0.39, 0.29) is 12.8 Å². The highest BCUT2D eigenvalue weighted by atomic mass is 16.4. The van der Waals surface area contributed by atoms with Gasteiger partial charge >= 0.3 is 5.97 Å². The van der Waals surface area contributed by atoms with Gasteiger partial charge in [0, 0.05) is 6.42 Å². The van der Waals surface area contributed by atoms with Gasteiger partial charge in [-0.3, -0.25) is 4.79 Å². The molecule has 4 nitrogen and oxygen atoms in total. The summed E-state index contributed by atoms with van der Waals surface area (Å²) in [5, 5.41) is 25.0. The van der Waals surface area contributed by atoms with Gasteiger partial charge in [-0.1, -0.05) is 0 Å². The highest BCUT2D eigenvalue weighted by Crippen LogP contribution is 1.97. The fourth-order valence-corrected chi connectivity index (χ4v) is 0.467. The zero-order valence-corrected chi connectivity index (χ0v) is 5.40. The second-order valence-electron chi connectivity index (χ2n) is 1.84. The average molecular weight is 146 g/mol. The fourth-order valence-electron chi connectivity index (χ4n) is 0.467. The van der Waals surface area contributed by atoms with E-state index in [0.29, 0.717) is 6.26 Å². The smallest absolute Gasteiger partial charge is 0.303 e. The third-order valence-electron chi connectivity index (χ3n) is 0.962. The average Bonchev–Trinajstić information content (AvgIpc) is 1.85. The summed E-state index contributed by atoms with van der Waals surface area (Å²) in [6.45, 7) is 0. The number of hydrogen-bond donors (Lipinski definition) is 3. The molecule has 0 aromatic carbocycles. The zero-order valence-electron chi connectivity index (χ0n) is 5.40. The van der Waals surface area contributed by atoms with Gasteiger partial charge in [-0.25, -0.2) is 0 Å². The van der Waals surface area contributed by atoms with Gasteiger partial charge in [-0.15, -0.1) is 0 Å². The molecule has 0 amide bonds. The van der Waals surface area contributed by atoms with Crippen LogP contribution in [0.15, 0.2) is 12.3 Å². The Morgan fingerprint density at radius 3 is 2.60 bits per heavy atom. The first-order chi connectivity index (χ1) is 4.66. The number of rotatable bonds is 4. The predicted octanol–water partition coefficient (Wildman–Crippen LogP) is 0.284. The maximum absolute atomic E-state index is 9.91. The van der Waals surface area contributed by atoms with E-state index in [9.17, 15) is 4.79 Å². The summed E-state index contributed by atoms with van der Waals surface area (Å²) in [5.41, 5.74) is 0. The lowest BCUT2D eigenvalue weighted by Crippen LogP contribution is -2.05. The van der Waals surface area contributed by atoms with Crippen molar-refractivity contribution in [2.45, 2.75) is 18.9 Å². The second kappa shape index (κ2) is 4.81. The van der Waals surface area contributed by atoms with Gasteiger partial charge < -0.3 is 15.3 Å². The molecule has 0 heterocycles. The summed E-state index contributed by atoms with van der Waals surface area (Å²) < 4.78 is 0. The van der Waals surface area contributed by atoms with Gasteiger partial charge in [-0.05, 0) is 12.5 Å². The minimum atomic E-state index is -0.953.